The number of halogens is 1. The number of amides is 1. The molecule has 0 radical (unpaired) electrons. The second-order valence-corrected chi connectivity index (χ2v) is 12.8. The van der Waals surface area contributed by atoms with Crippen LogP contribution in [-0.2, 0) is 12.5 Å². The Morgan fingerprint density at radius 1 is 1.02 bits per heavy atom. The molecule has 2 N–H and O–H groups in total. The number of hydrogen-bond donors (Lipinski definition) is 2. The molecule has 2 aromatic carbocycles. The van der Waals surface area contributed by atoms with E-state index in [0.717, 1.165) is 55.2 Å². The van der Waals surface area contributed by atoms with E-state index in [2.05, 4.69) is 55.5 Å². The van der Waals surface area contributed by atoms with E-state index in [1.54, 1.807) is 30.1 Å². The molecule has 244 valence electrons. The third-order valence-corrected chi connectivity index (χ3v) is 8.67. The fraction of sp³-hybridized carbons (Fsp3) is 0.297. The van der Waals surface area contributed by atoms with E-state index in [-0.39, 0.29) is 5.56 Å². The van der Waals surface area contributed by atoms with Gasteiger partial charge < -0.3 is 20.4 Å². The Morgan fingerprint density at radius 2 is 1.85 bits per heavy atom. The van der Waals surface area contributed by atoms with Gasteiger partial charge in [0.15, 0.2) is 5.65 Å². The van der Waals surface area contributed by atoms with Crippen LogP contribution >= 0.6 is 0 Å². The second kappa shape index (κ2) is 13.2. The van der Waals surface area contributed by atoms with Gasteiger partial charge in [-0.2, -0.15) is 10.4 Å². The highest BCUT2D eigenvalue weighted by molar-refractivity contribution is 6.05. The van der Waals surface area contributed by atoms with Crippen LogP contribution < -0.4 is 15.5 Å². The minimum Gasteiger partial charge on any atom is -0.370 e. The molecule has 48 heavy (non-hydrogen) atoms. The Balaban J connectivity index is 1.28. The number of nitriles is 1. The zero-order valence-electron chi connectivity index (χ0n) is 27.8. The maximum absolute atomic E-state index is 15.3. The topological polar surface area (TPSA) is 107 Å². The molecule has 0 aliphatic carbocycles. The summed E-state index contributed by atoms with van der Waals surface area (Å²) in [6, 6.07) is 14.7. The summed E-state index contributed by atoms with van der Waals surface area (Å²) >= 11 is 0. The summed E-state index contributed by atoms with van der Waals surface area (Å²) in [5.41, 5.74) is 5.38. The number of nitrogens with one attached hydrogen (secondary N) is 2. The van der Waals surface area contributed by atoms with Crippen LogP contribution in [-0.4, -0.2) is 63.2 Å². The number of aromatic nitrogens is 4. The average Bonchev–Trinajstić information content (AvgIpc) is 3.60. The van der Waals surface area contributed by atoms with E-state index >= 15 is 4.39 Å². The monoisotopic (exact) mass is 643 g/mol. The standard InChI is InChI=1S/C37H38FN9O/c1-25-16-33(38)32(17-26(25)9-10-30-22-40-35-34(8-6-13-47(30)35)42-29-21-41-45(5)23-29)36(48)43-28-18-27(37(2,3)24-39)19-31(20-28)46-12-7-11-44(4)14-15-46/h6,8,13,16-23,42H,7,11-12,14-15H2,1-5H3,(H,43,48). The first-order valence-corrected chi connectivity index (χ1v) is 15.9. The fourth-order valence-electron chi connectivity index (χ4n) is 5.75. The molecule has 0 unspecified atom stereocenters. The molecule has 10 nitrogen and oxygen atoms in total. The van der Waals surface area contributed by atoms with Gasteiger partial charge in [0.1, 0.15) is 11.5 Å². The number of carbonyl (C=O) groups excluding carboxylic acids is 1. The zero-order valence-corrected chi connectivity index (χ0v) is 27.8. The van der Waals surface area contributed by atoms with Crippen LogP contribution in [0.4, 0.5) is 27.1 Å². The molecule has 1 amide bonds. The lowest BCUT2D eigenvalue weighted by Gasteiger charge is -2.26. The number of imidazole rings is 1. The van der Waals surface area contributed by atoms with E-state index in [0.29, 0.717) is 28.2 Å². The van der Waals surface area contributed by atoms with E-state index in [1.807, 2.05) is 62.0 Å². The SMILES string of the molecule is Cc1cc(F)c(C(=O)Nc2cc(N3CCCN(C)CC3)cc(C(C)(C)C#N)c2)cc1C#Cc1cnc2c(Nc3cnn(C)c3)cccn12. The van der Waals surface area contributed by atoms with Gasteiger partial charge in [0.2, 0.25) is 0 Å². The van der Waals surface area contributed by atoms with Crippen LogP contribution in [0.2, 0.25) is 0 Å². The van der Waals surface area contributed by atoms with Crippen molar-refractivity contribution in [3.8, 4) is 17.9 Å². The minimum absolute atomic E-state index is 0.117. The van der Waals surface area contributed by atoms with Gasteiger partial charge in [-0.1, -0.05) is 5.92 Å². The number of hydrogen-bond acceptors (Lipinski definition) is 7. The maximum Gasteiger partial charge on any atom is 0.258 e. The first kappa shape index (κ1) is 32.3. The molecule has 1 saturated heterocycles. The molecule has 0 atom stereocenters. The summed E-state index contributed by atoms with van der Waals surface area (Å²) in [6.45, 7) is 9.05. The highest BCUT2D eigenvalue weighted by Crippen LogP contribution is 2.32. The number of benzene rings is 2. The van der Waals surface area contributed by atoms with Gasteiger partial charge in [0.25, 0.3) is 5.91 Å². The van der Waals surface area contributed by atoms with Crippen LogP contribution in [0.15, 0.2) is 67.3 Å². The molecule has 4 heterocycles. The molecular formula is C37H38FN9O. The summed E-state index contributed by atoms with van der Waals surface area (Å²) in [5, 5.41) is 20.3. The number of likely N-dealkylation sites (N-methyl/N-ethyl adjacent to an activating group) is 1. The molecule has 0 saturated carbocycles. The molecule has 11 heteroatoms. The van der Waals surface area contributed by atoms with Crippen LogP contribution in [0.5, 0.6) is 0 Å². The lowest BCUT2D eigenvalue weighted by Crippen LogP contribution is -2.29. The number of aryl methyl sites for hydroxylation is 2. The molecule has 0 bridgehead atoms. The highest BCUT2D eigenvalue weighted by Gasteiger charge is 2.24. The van der Waals surface area contributed by atoms with Gasteiger partial charge in [0, 0.05) is 56.0 Å². The van der Waals surface area contributed by atoms with Crippen molar-refractivity contribution in [3.05, 3.63) is 101 Å². The number of pyridine rings is 1. The van der Waals surface area contributed by atoms with Gasteiger partial charge in [0.05, 0.1) is 40.8 Å². The largest absolute Gasteiger partial charge is 0.370 e. The van der Waals surface area contributed by atoms with Crippen LogP contribution in [0, 0.1) is 35.9 Å². The third-order valence-electron chi connectivity index (χ3n) is 8.67. The van der Waals surface area contributed by atoms with Gasteiger partial charge in [-0.15, -0.1) is 0 Å². The van der Waals surface area contributed by atoms with Crippen molar-refractivity contribution in [2.24, 2.45) is 7.05 Å². The summed E-state index contributed by atoms with van der Waals surface area (Å²) in [5.74, 6) is 5.05. The van der Waals surface area contributed by atoms with Crippen molar-refractivity contribution < 1.29 is 9.18 Å². The summed E-state index contributed by atoms with van der Waals surface area (Å²) in [6.07, 6.45) is 8.15. The summed E-state index contributed by atoms with van der Waals surface area (Å²) in [7, 11) is 3.96. The first-order valence-electron chi connectivity index (χ1n) is 15.9. The number of fused-ring (bicyclic) bond motifs is 1. The van der Waals surface area contributed by atoms with Gasteiger partial charge in [-0.3, -0.25) is 13.9 Å². The van der Waals surface area contributed by atoms with Gasteiger partial charge in [-0.05, 0) is 100 Å². The predicted molar refractivity (Wildman–Crippen MR) is 186 cm³/mol. The fourth-order valence-corrected chi connectivity index (χ4v) is 5.75. The molecule has 3 aromatic heterocycles. The van der Waals surface area contributed by atoms with Gasteiger partial charge >= 0.3 is 0 Å². The number of anilines is 4. The number of rotatable bonds is 6. The Hall–Kier alpha value is -5.65. The van der Waals surface area contributed by atoms with Crippen molar-refractivity contribution >= 4 is 34.3 Å². The highest BCUT2D eigenvalue weighted by atomic mass is 19.1. The van der Waals surface area contributed by atoms with E-state index < -0.39 is 17.1 Å². The van der Waals surface area contributed by atoms with E-state index in [1.165, 1.54) is 12.1 Å². The van der Waals surface area contributed by atoms with Gasteiger partial charge in [-0.25, -0.2) is 9.37 Å². The maximum atomic E-state index is 15.3. The molecular weight excluding hydrogens is 605 g/mol. The number of carbonyl (C=O) groups is 1. The Kier molecular flexibility index (Phi) is 8.90. The Labute approximate surface area is 279 Å². The normalized spacial score (nSPS) is 13.8. The van der Waals surface area contributed by atoms with Crippen molar-refractivity contribution in [3.63, 3.8) is 0 Å². The molecule has 5 aromatic rings. The molecule has 1 aliphatic rings. The molecule has 0 spiro atoms. The van der Waals surface area contributed by atoms with E-state index in [9.17, 15) is 10.1 Å². The lowest BCUT2D eigenvalue weighted by molar-refractivity contribution is 0.102. The smallest absolute Gasteiger partial charge is 0.258 e. The Morgan fingerprint density at radius 3 is 2.62 bits per heavy atom. The van der Waals surface area contributed by atoms with Crippen molar-refractivity contribution in [2.45, 2.75) is 32.6 Å². The van der Waals surface area contributed by atoms with Crippen molar-refractivity contribution in [1.82, 2.24) is 24.1 Å². The Bertz CT molecular complexity index is 2110. The van der Waals surface area contributed by atoms with Crippen LogP contribution in [0.3, 0.4) is 0 Å². The molecule has 1 aliphatic heterocycles. The molecule has 1 fully saturated rings. The average molecular weight is 644 g/mol. The first-order chi connectivity index (χ1) is 23.0. The number of nitrogens with zero attached hydrogens (tertiary/aromatic N) is 7. The van der Waals surface area contributed by atoms with Crippen LogP contribution in [0.1, 0.15) is 53.0 Å². The van der Waals surface area contributed by atoms with Crippen LogP contribution in [0.25, 0.3) is 5.65 Å². The second-order valence-electron chi connectivity index (χ2n) is 12.8. The summed E-state index contributed by atoms with van der Waals surface area (Å²) < 4.78 is 18.9. The third kappa shape index (κ3) is 6.87. The lowest BCUT2D eigenvalue weighted by atomic mass is 9.85. The van der Waals surface area contributed by atoms with E-state index in [4.69, 9.17) is 0 Å². The van der Waals surface area contributed by atoms with Crippen molar-refractivity contribution in [2.75, 3.05) is 48.8 Å². The molecule has 6 rings (SSSR count). The summed E-state index contributed by atoms with van der Waals surface area (Å²) in [4.78, 5) is 22.7. The van der Waals surface area contributed by atoms with Crippen molar-refractivity contribution in [1.29, 1.82) is 5.26 Å². The minimum atomic E-state index is -0.788. The zero-order chi connectivity index (χ0) is 34.0. The predicted octanol–water partition coefficient (Wildman–Crippen LogP) is 5.85. The quantitative estimate of drug-likeness (QED) is 0.224.